The van der Waals surface area contributed by atoms with E-state index in [1.807, 2.05) is 31.2 Å². The summed E-state index contributed by atoms with van der Waals surface area (Å²) in [4.78, 5) is 16.0. The minimum absolute atomic E-state index is 0.00194. The molecule has 3 atom stereocenters. The molecule has 5 nitrogen and oxygen atoms in total. The first-order valence-corrected chi connectivity index (χ1v) is 6.99. The molecule has 0 spiro atoms. The number of aliphatic hydroxyl groups excluding tert-OH is 1. The van der Waals surface area contributed by atoms with Crippen LogP contribution in [0.25, 0.3) is 0 Å². The van der Waals surface area contributed by atoms with Crippen LogP contribution >= 0.6 is 0 Å². The Hall–Kier alpha value is -1.88. The van der Waals surface area contributed by atoms with Crippen LogP contribution in [0, 0.1) is 5.92 Å². The van der Waals surface area contributed by atoms with Crippen molar-refractivity contribution in [2.24, 2.45) is 5.92 Å². The Morgan fingerprint density at radius 2 is 2.20 bits per heavy atom. The lowest BCUT2D eigenvalue weighted by Gasteiger charge is -2.20. The summed E-state index contributed by atoms with van der Waals surface area (Å²) in [6.45, 7) is 2.16. The van der Waals surface area contributed by atoms with Gasteiger partial charge in [0.1, 0.15) is 0 Å². The molecule has 5 heteroatoms. The predicted octanol–water partition coefficient (Wildman–Crippen LogP) is 1.77. The zero-order chi connectivity index (χ0) is 14.4. The fraction of sp³-hybridized carbons (Fsp3) is 0.467. The maximum absolute atomic E-state index is 12.0. The van der Waals surface area contributed by atoms with E-state index in [1.54, 1.807) is 12.4 Å². The Kier molecular flexibility index (Phi) is 5.12. The maximum atomic E-state index is 12.0. The van der Waals surface area contributed by atoms with E-state index in [0.29, 0.717) is 0 Å². The molecule has 2 rings (SSSR count). The first kappa shape index (κ1) is 14.5. The summed E-state index contributed by atoms with van der Waals surface area (Å²) in [6.07, 6.45) is 8.92. The van der Waals surface area contributed by atoms with Crippen LogP contribution in [0.4, 0.5) is 4.79 Å². The van der Waals surface area contributed by atoms with E-state index in [-0.39, 0.29) is 30.6 Å². The molecule has 0 aliphatic heterocycles. The number of carbonyl (C=O) groups is 1. The van der Waals surface area contributed by atoms with E-state index < -0.39 is 0 Å². The van der Waals surface area contributed by atoms with Crippen molar-refractivity contribution in [3.63, 3.8) is 0 Å². The molecule has 1 aromatic rings. The molecular weight excluding hydrogens is 254 g/mol. The number of aliphatic hydroxyl groups is 1. The van der Waals surface area contributed by atoms with Gasteiger partial charge in [-0.1, -0.05) is 19.1 Å². The van der Waals surface area contributed by atoms with Gasteiger partial charge in [0.05, 0.1) is 6.04 Å². The number of urea groups is 1. The maximum Gasteiger partial charge on any atom is 0.315 e. The predicted molar refractivity (Wildman–Crippen MR) is 77.1 cm³/mol. The molecule has 0 saturated heterocycles. The summed E-state index contributed by atoms with van der Waals surface area (Å²) in [7, 11) is 0. The highest BCUT2D eigenvalue weighted by Gasteiger charge is 2.20. The van der Waals surface area contributed by atoms with Gasteiger partial charge in [0.15, 0.2) is 0 Å². The summed E-state index contributed by atoms with van der Waals surface area (Å²) < 4.78 is 0. The Morgan fingerprint density at radius 3 is 2.80 bits per heavy atom. The highest BCUT2D eigenvalue weighted by Crippen LogP contribution is 2.18. The smallest absolute Gasteiger partial charge is 0.315 e. The van der Waals surface area contributed by atoms with Gasteiger partial charge in [-0.25, -0.2) is 4.79 Å². The SMILES string of the molecule is CCC(NC(=O)N[C@@H]1C=C[C@H](CO)C1)c1ccncc1. The molecule has 1 heterocycles. The summed E-state index contributed by atoms with van der Waals surface area (Å²) in [6, 6.07) is 3.62. The zero-order valence-corrected chi connectivity index (χ0v) is 11.6. The van der Waals surface area contributed by atoms with Crippen LogP contribution in [0.15, 0.2) is 36.7 Å². The van der Waals surface area contributed by atoms with E-state index in [2.05, 4.69) is 15.6 Å². The number of carbonyl (C=O) groups excluding carboxylic acids is 1. The number of hydrogen-bond acceptors (Lipinski definition) is 3. The quantitative estimate of drug-likeness (QED) is 0.717. The summed E-state index contributed by atoms with van der Waals surface area (Å²) in [5.74, 6) is 0.155. The van der Waals surface area contributed by atoms with Crippen molar-refractivity contribution in [2.45, 2.75) is 31.8 Å². The van der Waals surface area contributed by atoms with Crippen LogP contribution in [-0.4, -0.2) is 28.8 Å². The fourth-order valence-corrected chi connectivity index (χ4v) is 2.40. The Labute approximate surface area is 119 Å². The topological polar surface area (TPSA) is 74.2 Å². The van der Waals surface area contributed by atoms with Gasteiger partial charge in [0.25, 0.3) is 0 Å². The van der Waals surface area contributed by atoms with Crippen LogP contribution in [0.3, 0.4) is 0 Å². The Balaban J connectivity index is 1.86. The number of pyridine rings is 1. The van der Waals surface area contributed by atoms with Crippen LogP contribution < -0.4 is 10.6 Å². The fourth-order valence-electron chi connectivity index (χ4n) is 2.40. The largest absolute Gasteiger partial charge is 0.396 e. The molecule has 0 saturated carbocycles. The molecule has 2 amide bonds. The molecule has 1 unspecified atom stereocenters. The van der Waals surface area contributed by atoms with Gasteiger partial charge in [-0.05, 0) is 30.5 Å². The Bertz CT molecular complexity index is 461. The van der Waals surface area contributed by atoms with Crippen molar-refractivity contribution in [1.82, 2.24) is 15.6 Å². The molecule has 0 radical (unpaired) electrons. The summed E-state index contributed by atoms with van der Waals surface area (Å²) >= 11 is 0. The van der Waals surface area contributed by atoms with Crippen LogP contribution in [0.2, 0.25) is 0 Å². The molecule has 3 N–H and O–H groups in total. The Morgan fingerprint density at radius 1 is 1.45 bits per heavy atom. The third-order valence-corrected chi connectivity index (χ3v) is 3.55. The number of hydrogen-bond donors (Lipinski definition) is 3. The van der Waals surface area contributed by atoms with E-state index in [1.165, 1.54) is 0 Å². The summed E-state index contributed by atoms with van der Waals surface area (Å²) in [5, 5.41) is 14.9. The minimum atomic E-state index is -0.179. The average Bonchev–Trinajstić information content (AvgIpc) is 2.93. The van der Waals surface area contributed by atoms with E-state index in [9.17, 15) is 4.79 Å². The molecule has 1 aliphatic rings. The van der Waals surface area contributed by atoms with Crippen molar-refractivity contribution in [3.05, 3.63) is 42.2 Å². The zero-order valence-electron chi connectivity index (χ0n) is 11.6. The van der Waals surface area contributed by atoms with E-state index >= 15 is 0 Å². The lowest BCUT2D eigenvalue weighted by atomic mass is 10.1. The third kappa shape index (κ3) is 3.81. The molecule has 108 valence electrons. The lowest BCUT2D eigenvalue weighted by molar-refractivity contribution is 0.228. The second-order valence-electron chi connectivity index (χ2n) is 5.03. The van der Waals surface area contributed by atoms with Gasteiger partial charge in [0, 0.05) is 31.0 Å². The second kappa shape index (κ2) is 7.05. The second-order valence-corrected chi connectivity index (χ2v) is 5.03. The van der Waals surface area contributed by atoms with Crippen molar-refractivity contribution >= 4 is 6.03 Å². The van der Waals surface area contributed by atoms with Gasteiger partial charge >= 0.3 is 6.03 Å². The van der Waals surface area contributed by atoms with Gasteiger partial charge in [0.2, 0.25) is 0 Å². The standard InChI is InChI=1S/C15H21N3O2/c1-2-14(12-5-7-16-8-6-12)18-15(20)17-13-4-3-11(9-13)10-19/h3-8,11,13-14,19H,2,9-10H2,1H3,(H2,17,18,20)/t11-,13+,14?/m0/s1. The number of nitrogens with zero attached hydrogens (tertiary/aromatic N) is 1. The normalized spacial score (nSPS) is 22.5. The minimum Gasteiger partial charge on any atom is -0.396 e. The molecule has 0 aromatic carbocycles. The number of rotatable bonds is 5. The molecule has 20 heavy (non-hydrogen) atoms. The van der Waals surface area contributed by atoms with Crippen molar-refractivity contribution in [3.8, 4) is 0 Å². The van der Waals surface area contributed by atoms with E-state index in [4.69, 9.17) is 5.11 Å². The highest BCUT2D eigenvalue weighted by molar-refractivity contribution is 5.75. The van der Waals surface area contributed by atoms with Gasteiger partial charge < -0.3 is 15.7 Å². The van der Waals surface area contributed by atoms with Gasteiger partial charge in [-0.15, -0.1) is 0 Å². The summed E-state index contributed by atoms with van der Waals surface area (Å²) in [5.41, 5.74) is 1.05. The molecule has 0 fully saturated rings. The highest BCUT2D eigenvalue weighted by atomic mass is 16.3. The van der Waals surface area contributed by atoms with Crippen molar-refractivity contribution in [2.75, 3.05) is 6.61 Å². The third-order valence-electron chi connectivity index (χ3n) is 3.55. The van der Waals surface area contributed by atoms with Crippen LogP contribution in [0.1, 0.15) is 31.4 Å². The first-order chi connectivity index (χ1) is 9.72. The lowest BCUT2D eigenvalue weighted by Crippen LogP contribution is -2.42. The average molecular weight is 275 g/mol. The molecular formula is C15H21N3O2. The molecule has 0 bridgehead atoms. The number of aromatic nitrogens is 1. The van der Waals surface area contributed by atoms with E-state index in [0.717, 1.165) is 18.4 Å². The van der Waals surface area contributed by atoms with Crippen molar-refractivity contribution in [1.29, 1.82) is 0 Å². The molecule has 1 aromatic heterocycles. The van der Waals surface area contributed by atoms with Crippen molar-refractivity contribution < 1.29 is 9.90 Å². The van der Waals surface area contributed by atoms with Crippen LogP contribution in [-0.2, 0) is 0 Å². The number of amides is 2. The number of nitrogens with one attached hydrogen (secondary N) is 2. The van der Waals surface area contributed by atoms with Gasteiger partial charge in [-0.3, -0.25) is 4.98 Å². The van der Waals surface area contributed by atoms with Crippen LogP contribution in [0.5, 0.6) is 0 Å². The van der Waals surface area contributed by atoms with Gasteiger partial charge in [-0.2, -0.15) is 0 Å². The monoisotopic (exact) mass is 275 g/mol. The first-order valence-electron chi connectivity index (χ1n) is 6.99. The molecule has 1 aliphatic carbocycles.